The minimum Gasteiger partial charge on any atom is -0.376 e. The molecule has 0 saturated heterocycles. The monoisotopic (exact) mass is 335 g/mol. The molecule has 1 aliphatic heterocycles. The number of anilines is 1. The van der Waals surface area contributed by atoms with Gasteiger partial charge in [-0.2, -0.15) is 8.42 Å². The van der Waals surface area contributed by atoms with E-state index in [0.717, 1.165) is 11.6 Å². The van der Waals surface area contributed by atoms with Crippen molar-refractivity contribution in [2.45, 2.75) is 18.2 Å². The van der Waals surface area contributed by atoms with Crippen LogP contribution in [0, 0.1) is 5.82 Å². The molecule has 1 aliphatic rings. The fourth-order valence-corrected chi connectivity index (χ4v) is 3.53. The summed E-state index contributed by atoms with van der Waals surface area (Å²) in [6.07, 6.45) is 0.567. The standard InChI is InChI=1S/C16H14FNO4S/c1-11(19)18-9-8-12-10-13(6-7-15(12)18)23(20,21)22-16-5-3-2-4-14(16)17/h2-7,10H,8-9H2,1H3. The Morgan fingerprint density at radius 3 is 2.65 bits per heavy atom. The van der Waals surface area contributed by atoms with Gasteiger partial charge in [-0.1, -0.05) is 12.1 Å². The van der Waals surface area contributed by atoms with Gasteiger partial charge in [0.2, 0.25) is 5.91 Å². The highest BCUT2D eigenvalue weighted by atomic mass is 32.2. The summed E-state index contributed by atoms with van der Waals surface area (Å²) < 4.78 is 43.0. The van der Waals surface area contributed by atoms with Crippen LogP contribution in [-0.2, 0) is 21.3 Å². The predicted octanol–water partition coefficient (Wildman–Crippen LogP) is 2.50. The maximum atomic E-state index is 13.6. The summed E-state index contributed by atoms with van der Waals surface area (Å²) in [4.78, 5) is 13.0. The highest BCUT2D eigenvalue weighted by Crippen LogP contribution is 2.31. The van der Waals surface area contributed by atoms with Crippen molar-refractivity contribution in [2.75, 3.05) is 11.4 Å². The normalized spacial score (nSPS) is 13.7. The van der Waals surface area contributed by atoms with Gasteiger partial charge in [0.05, 0.1) is 0 Å². The Labute approximate surface area is 133 Å². The molecule has 0 radical (unpaired) electrons. The van der Waals surface area contributed by atoms with Gasteiger partial charge < -0.3 is 9.08 Å². The molecular formula is C16H14FNO4S. The first-order chi connectivity index (χ1) is 10.9. The van der Waals surface area contributed by atoms with Crippen LogP contribution in [0.25, 0.3) is 0 Å². The van der Waals surface area contributed by atoms with Crippen molar-refractivity contribution in [2.24, 2.45) is 0 Å². The van der Waals surface area contributed by atoms with Crippen LogP contribution in [0.1, 0.15) is 12.5 Å². The summed E-state index contributed by atoms with van der Waals surface area (Å²) in [5.74, 6) is -1.19. The average molecular weight is 335 g/mol. The van der Waals surface area contributed by atoms with E-state index >= 15 is 0 Å². The number of carbonyl (C=O) groups is 1. The minimum atomic E-state index is -4.14. The van der Waals surface area contributed by atoms with Gasteiger partial charge >= 0.3 is 10.1 Å². The third kappa shape index (κ3) is 2.92. The van der Waals surface area contributed by atoms with E-state index in [0.29, 0.717) is 18.7 Å². The second kappa shape index (κ2) is 5.66. The van der Waals surface area contributed by atoms with Crippen molar-refractivity contribution < 1.29 is 21.8 Å². The summed E-state index contributed by atoms with van der Waals surface area (Å²) >= 11 is 0. The van der Waals surface area contributed by atoms with Crippen molar-refractivity contribution in [1.29, 1.82) is 0 Å². The van der Waals surface area contributed by atoms with Crippen molar-refractivity contribution >= 4 is 21.7 Å². The lowest BCUT2D eigenvalue weighted by Gasteiger charge is -2.15. The molecule has 0 aliphatic carbocycles. The lowest BCUT2D eigenvalue weighted by atomic mass is 10.2. The molecule has 0 spiro atoms. The van der Waals surface area contributed by atoms with E-state index in [1.54, 1.807) is 11.0 Å². The lowest BCUT2D eigenvalue weighted by Crippen LogP contribution is -2.25. The molecule has 2 aromatic rings. The van der Waals surface area contributed by atoms with E-state index < -0.39 is 15.9 Å². The topological polar surface area (TPSA) is 63.7 Å². The number of rotatable bonds is 3. The van der Waals surface area contributed by atoms with Crippen molar-refractivity contribution in [3.05, 3.63) is 53.8 Å². The van der Waals surface area contributed by atoms with Crippen molar-refractivity contribution in [3.8, 4) is 5.75 Å². The van der Waals surface area contributed by atoms with E-state index in [-0.39, 0.29) is 16.6 Å². The highest BCUT2D eigenvalue weighted by Gasteiger charge is 2.26. The maximum Gasteiger partial charge on any atom is 0.339 e. The molecular weight excluding hydrogens is 321 g/mol. The number of carbonyl (C=O) groups excluding carboxylic acids is 1. The molecule has 1 heterocycles. The Bertz CT molecular complexity index is 879. The van der Waals surface area contributed by atoms with Gasteiger partial charge in [-0.15, -0.1) is 0 Å². The first-order valence-electron chi connectivity index (χ1n) is 6.98. The van der Waals surface area contributed by atoms with Crippen molar-refractivity contribution in [3.63, 3.8) is 0 Å². The van der Waals surface area contributed by atoms with Gasteiger partial charge in [0.15, 0.2) is 11.6 Å². The largest absolute Gasteiger partial charge is 0.376 e. The predicted molar refractivity (Wildman–Crippen MR) is 82.4 cm³/mol. The Morgan fingerprint density at radius 2 is 1.96 bits per heavy atom. The minimum absolute atomic E-state index is 0.0649. The molecule has 0 N–H and O–H groups in total. The average Bonchev–Trinajstić information content (AvgIpc) is 2.92. The number of nitrogens with zero attached hydrogens (tertiary/aromatic N) is 1. The van der Waals surface area contributed by atoms with Gasteiger partial charge in [-0.25, -0.2) is 4.39 Å². The molecule has 0 aromatic heterocycles. The van der Waals surface area contributed by atoms with Crippen molar-refractivity contribution in [1.82, 2.24) is 0 Å². The number of amides is 1. The van der Waals surface area contributed by atoms with E-state index in [9.17, 15) is 17.6 Å². The van der Waals surface area contributed by atoms with Crippen LogP contribution < -0.4 is 9.08 Å². The van der Waals surface area contributed by atoms with E-state index in [2.05, 4.69) is 0 Å². The molecule has 0 saturated carbocycles. The Kier molecular flexibility index (Phi) is 3.81. The van der Waals surface area contributed by atoms with Gasteiger partial charge in [-0.05, 0) is 42.3 Å². The fourth-order valence-electron chi connectivity index (χ4n) is 2.54. The third-order valence-corrected chi connectivity index (χ3v) is 4.88. The first kappa shape index (κ1) is 15.5. The summed E-state index contributed by atoms with van der Waals surface area (Å²) in [5.41, 5.74) is 1.45. The second-order valence-corrected chi connectivity index (χ2v) is 6.73. The number of benzene rings is 2. The second-order valence-electron chi connectivity index (χ2n) is 5.18. The zero-order valence-corrected chi connectivity index (χ0v) is 13.1. The molecule has 0 fully saturated rings. The Morgan fingerprint density at radius 1 is 1.22 bits per heavy atom. The summed E-state index contributed by atoms with van der Waals surface area (Å²) in [7, 11) is -4.14. The number of para-hydroxylation sites is 1. The molecule has 120 valence electrons. The molecule has 0 unspecified atom stereocenters. The maximum absolute atomic E-state index is 13.6. The molecule has 7 heteroatoms. The van der Waals surface area contributed by atoms with Crippen LogP contribution in [0.3, 0.4) is 0 Å². The summed E-state index contributed by atoms with van der Waals surface area (Å²) in [6.45, 7) is 1.98. The highest BCUT2D eigenvalue weighted by molar-refractivity contribution is 7.87. The molecule has 2 aromatic carbocycles. The third-order valence-electron chi connectivity index (χ3n) is 3.65. The molecule has 3 rings (SSSR count). The quantitative estimate of drug-likeness (QED) is 0.809. The lowest BCUT2D eigenvalue weighted by molar-refractivity contribution is -0.116. The molecule has 1 amide bonds. The molecule has 0 bridgehead atoms. The number of hydrogen-bond acceptors (Lipinski definition) is 4. The Balaban J connectivity index is 1.93. The van der Waals surface area contributed by atoms with Crippen LogP contribution in [-0.4, -0.2) is 20.9 Å². The van der Waals surface area contributed by atoms with Gasteiger partial charge in [0.25, 0.3) is 0 Å². The summed E-state index contributed by atoms with van der Waals surface area (Å²) in [5, 5.41) is 0. The van der Waals surface area contributed by atoms with Gasteiger partial charge in [-0.3, -0.25) is 4.79 Å². The van der Waals surface area contributed by atoms with Crippen LogP contribution in [0.4, 0.5) is 10.1 Å². The zero-order chi connectivity index (χ0) is 16.6. The zero-order valence-electron chi connectivity index (χ0n) is 12.3. The molecule has 23 heavy (non-hydrogen) atoms. The van der Waals surface area contributed by atoms with Crippen LogP contribution >= 0.6 is 0 Å². The van der Waals surface area contributed by atoms with Crippen LogP contribution in [0.15, 0.2) is 47.4 Å². The van der Waals surface area contributed by atoms with E-state index in [1.165, 1.54) is 37.3 Å². The SMILES string of the molecule is CC(=O)N1CCc2cc(S(=O)(=O)Oc3ccccc3F)ccc21. The smallest absolute Gasteiger partial charge is 0.339 e. The molecule has 5 nitrogen and oxygen atoms in total. The van der Waals surface area contributed by atoms with E-state index in [1.807, 2.05) is 0 Å². The fraction of sp³-hybridized carbons (Fsp3) is 0.188. The summed E-state index contributed by atoms with van der Waals surface area (Å²) in [6, 6.07) is 9.70. The first-order valence-corrected chi connectivity index (χ1v) is 8.39. The van der Waals surface area contributed by atoms with Crippen LogP contribution in [0.5, 0.6) is 5.75 Å². The Hall–Kier alpha value is -2.41. The van der Waals surface area contributed by atoms with E-state index in [4.69, 9.17) is 4.18 Å². The van der Waals surface area contributed by atoms with Gasteiger partial charge in [0.1, 0.15) is 4.90 Å². The molecule has 0 atom stereocenters. The van der Waals surface area contributed by atoms with Crippen LogP contribution in [0.2, 0.25) is 0 Å². The number of hydrogen-bond donors (Lipinski definition) is 0. The number of fused-ring (bicyclic) bond motifs is 1. The van der Waals surface area contributed by atoms with Gasteiger partial charge in [0, 0.05) is 19.2 Å². The number of halogens is 1.